The van der Waals surface area contributed by atoms with E-state index in [0.29, 0.717) is 39.0 Å². The quantitative estimate of drug-likeness (QED) is 0.523. The van der Waals surface area contributed by atoms with Crippen molar-refractivity contribution in [3.05, 3.63) is 103 Å². The number of aromatic nitrogens is 1. The number of benzene rings is 2. The summed E-state index contributed by atoms with van der Waals surface area (Å²) in [6, 6.07) is 22.0. The Morgan fingerprint density at radius 2 is 1.64 bits per heavy atom. The Hall–Kier alpha value is -3.73. The van der Waals surface area contributed by atoms with Crippen LogP contribution in [-0.4, -0.2) is 52.8 Å². The van der Waals surface area contributed by atoms with Gasteiger partial charge in [0.15, 0.2) is 0 Å². The lowest BCUT2D eigenvalue weighted by atomic mass is 9.95. The summed E-state index contributed by atoms with van der Waals surface area (Å²) in [5, 5.41) is 0. The lowest BCUT2D eigenvalue weighted by Crippen LogP contribution is -2.38. The van der Waals surface area contributed by atoms with Crippen molar-refractivity contribution in [2.45, 2.75) is 12.8 Å². The number of hydrogen-bond donors (Lipinski definition) is 0. The van der Waals surface area contributed by atoms with E-state index in [1.165, 1.54) is 0 Å². The van der Waals surface area contributed by atoms with Crippen LogP contribution >= 0.6 is 0 Å². The molecule has 0 bridgehead atoms. The van der Waals surface area contributed by atoms with Gasteiger partial charge in [-0.25, -0.2) is 0 Å². The molecule has 1 fully saturated rings. The van der Waals surface area contributed by atoms with Gasteiger partial charge < -0.3 is 9.80 Å². The standard InChI is InChI=1S/C28H29N3O2/c1-2-16-30-17-18-31(27(32)20-22-6-4-3-5-7-22)21-26(28(30)33)19-23-8-10-24(11-9-23)25-12-14-29-15-13-25/h2-15,26H,1,16-21H2/t26-/m0/s1. The average Bonchev–Trinajstić information content (AvgIpc) is 3.00. The van der Waals surface area contributed by atoms with Gasteiger partial charge in [-0.05, 0) is 40.8 Å². The van der Waals surface area contributed by atoms with Crippen molar-refractivity contribution >= 4 is 11.8 Å². The van der Waals surface area contributed by atoms with Gasteiger partial charge in [-0.3, -0.25) is 14.6 Å². The Morgan fingerprint density at radius 3 is 2.33 bits per heavy atom. The van der Waals surface area contributed by atoms with Gasteiger partial charge in [-0.15, -0.1) is 6.58 Å². The highest BCUT2D eigenvalue weighted by atomic mass is 16.2. The summed E-state index contributed by atoms with van der Waals surface area (Å²) in [4.78, 5) is 34.1. The smallest absolute Gasteiger partial charge is 0.228 e. The molecule has 5 nitrogen and oxygen atoms in total. The molecule has 0 aliphatic carbocycles. The van der Waals surface area contributed by atoms with Crippen molar-refractivity contribution in [3.8, 4) is 11.1 Å². The maximum Gasteiger partial charge on any atom is 0.228 e. The Bertz CT molecular complexity index is 1080. The zero-order valence-corrected chi connectivity index (χ0v) is 18.8. The van der Waals surface area contributed by atoms with Crippen LogP contribution in [0.3, 0.4) is 0 Å². The van der Waals surface area contributed by atoms with Gasteiger partial charge in [0, 0.05) is 38.6 Å². The molecule has 1 atom stereocenters. The zero-order chi connectivity index (χ0) is 23.0. The van der Waals surface area contributed by atoms with Crippen molar-refractivity contribution in [1.82, 2.24) is 14.8 Å². The number of carbonyl (C=O) groups is 2. The third-order valence-corrected chi connectivity index (χ3v) is 6.09. The van der Waals surface area contributed by atoms with Crippen molar-refractivity contribution in [3.63, 3.8) is 0 Å². The molecule has 1 saturated heterocycles. The van der Waals surface area contributed by atoms with E-state index in [2.05, 4.69) is 35.8 Å². The van der Waals surface area contributed by atoms with Crippen molar-refractivity contribution in [2.24, 2.45) is 5.92 Å². The number of amides is 2. The van der Waals surface area contributed by atoms with Gasteiger partial charge in [-0.1, -0.05) is 60.7 Å². The molecule has 0 saturated carbocycles. The summed E-state index contributed by atoms with van der Waals surface area (Å²) in [7, 11) is 0. The van der Waals surface area contributed by atoms with E-state index in [1.807, 2.05) is 52.3 Å². The predicted molar refractivity (Wildman–Crippen MR) is 130 cm³/mol. The minimum absolute atomic E-state index is 0.0625. The van der Waals surface area contributed by atoms with Crippen LogP contribution in [0.4, 0.5) is 0 Å². The van der Waals surface area contributed by atoms with Crippen LogP contribution in [0.15, 0.2) is 91.8 Å². The Morgan fingerprint density at radius 1 is 0.939 bits per heavy atom. The highest BCUT2D eigenvalue weighted by Crippen LogP contribution is 2.22. The van der Waals surface area contributed by atoms with Gasteiger partial charge in [0.2, 0.25) is 11.8 Å². The molecule has 3 aromatic rings. The lowest BCUT2D eigenvalue weighted by Gasteiger charge is -2.24. The molecule has 5 heteroatoms. The minimum Gasteiger partial charge on any atom is -0.340 e. The fourth-order valence-corrected chi connectivity index (χ4v) is 4.31. The maximum absolute atomic E-state index is 13.3. The second-order valence-electron chi connectivity index (χ2n) is 8.41. The van der Waals surface area contributed by atoms with Gasteiger partial charge in [0.25, 0.3) is 0 Å². The van der Waals surface area contributed by atoms with E-state index >= 15 is 0 Å². The van der Waals surface area contributed by atoms with Gasteiger partial charge in [0.1, 0.15) is 0 Å². The maximum atomic E-state index is 13.3. The van der Waals surface area contributed by atoms with Crippen LogP contribution in [0.1, 0.15) is 11.1 Å². The molecule has 0 N–H and O–H groups in total. The third-order valence-electron chi connectivity index (χ3n) is 6.09. The first-order valence-corrected chi connectivity index (χ1v) is 11.3. The highest BCUT2D eigenvalue weighted by Gasteiger charge is 2.31. The number of nitrogens with zero attached hydrogens (tertiary/aromatic N) is 3. The van der Waals surface area contributed by atoms with Crippen LogP contribution in [-0.2, 0) is 22.4 Å². The molecule has 2 aromatic carbocycles. The van der Waals surface area contributed by atoms with E-state index in [9.17, 15) is 9.59 Å². The minimum atomic E-state index is -0.279. The normalized spacial score (nSPS) is 16.4. The summed E-state index contributed by atoms with van der Waals surface area (Å²) in [6.07, 6.45) is 6.26. The molecule has 33 heavy (non-hydrogen) atoms. The van der Waals surface area contributed by atoms with E-state index in [-0.39, 0.29) is 17.7 Å². The number of hydrogen-bond acceptors (Lipinski definition) is 3. The molecule has 2 amide bonds. The van der Waals surface area contributed by atoms with Crippen LogP contribution < -0.4 is 0 Å². The van der Waals surface area contributed by atoms with Gasteiger partial charge >= 0.3 is 0 Å². The van der Waals surface area contributed by atoms with E-state index in [0.717, 1.165) is 22.3 Å². The second kappa shape index (κ2) is 10.7. The van der Waals surface area contributed by atoms with Gasteiger partial charge in [0.05, 0.1) is 12.3 Å². The molecule has 1 aromatic heterocycles. The molecule has 2 heterocycles. The average molecular weight is 440 g/mol. The highest BCUT2D eigenvalue weighted by molar-refractivity contribution is 5.83. The molecular formula is C28H29N3O2. The molecule has 0 unspecified atom stereocenters. The first-order chi connectivity index (χ1) is 16.1. The number of carbonyl (C=O) groups excluding carboxylic acids is 2. The van der Waals surface area contributed by atoms with Crippen molar-refractivity contribution < 1.29 is 9.59 Å². The first kappa shape index (κ1) is 22.5. The Labute approximate surface area is 195 Å². The monoisotopic (exact) mass is 439 g/mol. The molecule has 0 spiro atoms. The van der Waals surface area contributed by atoms with Crippen molar-refractivity contribution in [2.75, 3.05) is 26.2 Å². The first-order valence-electron chi connectivity index (χ1n) is 11.3. The fourth-order valence-electron chi connectivity index (χ4n) is 4.31. The van der Waals surface area contributed by atoms with E-state index < -0.39 is 0 Å². The largest absolute Gasteiger partial charge is 0.340 e. The van der Waals surface area contributed by atoms with Crippen LogP contribution in [0, 0.1) is 5.92 Å². The van der Waals surface area contributed by atoms with Gasteiger partial charge in [-0.2, -0.15) is 0 Å². The number of rotatable bonds is 7. The fraction of sp³-hybridized carbons (Fsp3) is 0.250. The summed E-state index contributed by atoms with van der Waals surface area (Å²) in [5.74, 6) is -0.130. The summed E-state index contributed by atoms with van der Waals surface area (Å²) in [5.41, 5.74) is 4.30. The van der Waals surface area contributed by atoms with Crippen LogP contribution in [0.2, 0.25) is 0 Å². The summed E-state index contributed by atoms with van der Waals surface area (Å²) in [6.45, 7) is 5.81. The molecule has 4 rings (SSSR count). The molecular weight excluding hydrogens is 410 g/mol. The Balaban J connectivity index is 1.50. The molecule has 1 aliphatic heterocycles. The van der Waals surface area contributed by atoms with E-state index in [1.54, 1.807) is 18.5 Å². The lowest BCUT2D eigenvalue weighted by molar-refractivity contribution is -0.134. The molecule has 0 radical (unpaired) electrons. The topological polar surface area (TPSA) is 53.5 Å². The third kappa shape index (κ3) is 5.75. The zero-order valence-electron chi connectivity index (χ0n) is 18.8. The van der Waals surface area contributed by atoms with Crippen molar-refractivity contribution in [1.29, 1.82) is 0 Å². The Kier molecular flexibility index (Phi) is 7.30. The van der Waals surface area contributed by atoms with Crippen LogP contribution in [0.5, 0.6) is 0 Å². The van der Waals surface area contributed by atoms with Crippen LogP contribution in [0.25, 0.3) is 11.1 Å². The SMILES string of the molecule is C=CCN1CCN(C(=O)Cc2ccccc2)C[C@H](Cc2ccc(-c3ccncc3)cc2)C1=O. The second-order valence-corrected chi connectivity index (χ2v) is 8.41. The predicted octanol–water partition coefficient (Wildman–Crippen LogP) is 4.01. The number of pyridine rings is 1. The van der Waals surface area contributed by atoms with E-state index in [4.69, 9.17) is 0 Å². The summed E-state index contributed by atoms with van der Waals surface area (Å²) < 4.78 is 0. The molecule has 1 aliphatic rings. The molecule has 168 valence electrons. The summed E-state index contributed by atoms with van der Waals surface area (Å²) >= 11 is 0.